The number of nitrogens with zero attached hydrogens (tertiary/aromatic N) is 2. The summed E-state index contributed by atoms with van der Waals surface area (Å²) in [7, 11) is 0. The molecule has 1 aliphatic heterocycles. The number of piperidine rings is 1. The molecule has 0 amide bonds. The molecule has 0 unspecified atom stereocenters. The van der Waals surface area contributed by atoms with Crippen LogP contribution in [0.15, 0.2) is 33.5 Å². The molecular formula is C18H22N2O4S2. The average Bonchev–Trinajstić information content (AvgIpc) is 2.96. The molecule has 1 aromatic heterocycles. The first-order valence-corrected chi connectivity index (χ1v) is 10.1. The zero-order valence-electron chi connectivity index (χ0n) is 14.7. The molecule has 0 radical (unpaired) electrons. The van der Waals surface area contributed by atoms with Crippen LogP contribution in [0.5, 0.6) is 0 Å². The number of para-hydroxylation sites is 2. The largest absolute Gasteiger partial charge is 0.463 e. The van der Waals surface area contributed by atoms with E-state index in [0.717, 1.165) is 36.2 Å². The number of thioether (sulfide) groups is 1. The molecule has 0 N–H and O–H groups in total. The number of esters is 1. The third kappa shape index (κ3) is 4.67. The summed E-state index contributed by atoms with van der Waals surface area (Å²) in [6.45, 7) is 4.55. The Morgan fingerprint density at radius 2 is 2.08 bits per heavy atom. The highest BCUT2D eigenvalue weighted by Gasteiger charge is 2.19. The van der Waals surface area contributed by atoms with Gasteiger partial charge in [0.2, 0.25) is 0 Å². The number of carbonyl (C=O) groups is 1. The van der Waals surface area contributed by atoms with E-state index >= 15 is 0 Å². The smallest absolute Gasteiger partial charge is 0.420 e. The zero-order valence-corrected chi connectivity index (χ0v) is 16.3. The van der Waals surface area contributed by atoms with E-state index in [1.165, 1.54) is 16.3 Å². The normalized spacial score (nSPS) is 15.3. The van der Waals surface area contributed by atoms with E-state index in [0.29, 0.717) is 11.1 Å². The van der Waals surface area contributed by atoms with Crippen molar-refractivity contribution in [2.75, 3.05) is 25.4 Å². The van der Waals surface area contributed by atoms with Crippen LogP contribution in [0.4, 0.5) is 0 Å². The van der Waals surface area contributed by atoms with Gasteiger partial charge in [-0.2, -0.15) is 0 Å². The second-order valence-corrected chi connectivity index (χ2v) is 8.04. The minimum absolute atomic E-state index is 0.122. The highest BCUT2D eigenvalue weighted by molar-refractivity contribution is 8.23. The molecule has 2 heterocycles. The van der Waals surface area contributed by atoms with E-state index in [1.54, 1.807) is 18.2 Å². The van der Waals surface area contributed by atoms with Crippen molar-refractivity contribution in [3.63, 3.8) is 0 Å². The van der Waals surface area contributed by atoms with Gasteiger partial charge < -0.3 is 14.1 Å². The fraction of sp³-hybridized carbons (Fsp3) is 0.500. The standard InChI is InChI=1S/C18H22N2O4S2/c1-13-6-8-19(9-7-13)18(25)26-12-16(21)23-11-10-20-14-4-2-3-5-15(14)24-17(20)22/h2-5,13H,6-12H2,1H3. The summed E-state index contributed by atoms with van der Waals surface area (Å²) >= 11 is 6.74. The highest BCUT2D eigenvalue weighted by Crippen LogP contribution is 2.20. The molecule has 1 saturated heterocycles. The number of oxazole rings is 1. The van der Waals surface area contributed by atoms with Gasteiger partial charge in [0, 0.05) is 13.1 Å². The highest BCUT2D eigenvalue weighted by atomic mass is 32.2. The van der Waals surface area contributed by atoms with Crippen LogP contribution in [0, 0.1) is 5.92 Å². The van der Waals surface area contributed by atoms with Gasteiger partial charge in [0.1, 0.15) is 10.9 Å². The van der Waals surface area contributed by atoms with Crippen LogP contribution < -0.4 is 5.76 Å². The quantitative estimate of drug-likeness (QED) is 0.571. The maximum Gasteiger partial charge on any atom is 0.420 e. The minimum Gasteiger partial charge on any atom is -0.463 e. The van der Waals surface area contributed by atoms with E-state index in [-0.39, 0.29) is 24.9 Å². The molecule has 1 fully saturated rings. The molecule has 0 aliphatic carbocycles. The van der Waals surface area contributed by atoms with Crippen molar-refractivity contribution in [1.29, 1.82) is 0 Å². The van der Waals surface area contributed by atoms with Gasteiger partial charge in [-0.05, 0) is 30.9 Å². The summed E-state index contributed by atoms with van der Waals surface area (Å²) in [5.41, 5.74) is 1.23. The molecule has 8 heteroatoms. The summed E-state index contributed by atoms with van der Waals surface area (Å²) < 4.78 is 12.6. The second-order valence-electron chi connectivity index (χ2n) is 6.43. The number of thiocarbonyl (C=S) groups is 1. The molecule has 0 bridgehead atoms. The molecule has 140 valence electrons. The Morgan fingerprint density at radius 1 is 1.35 bits per heavy atom. The van der Waals surface area contributed by atoms with E-state index in [1.807, 2.05) is 6.07 Å². The van der Waals surface area contributed by atoms with Gasteiger partial charge in [-0.25, -0.2) is 4.79 Å². The Morgan fingerprint density at radius 3 is 2.85 bits per heavy atom. The number of aromatic nitrogens is 1. The maximum absolute atomic E-state index is 11.9. The lowest BCUT2D eigenvalue weighted by molar-refractivity contribution is -0.140. The van der Waals surface area contributed by atoms with Crippen molar-refractivity contribution >= 4 is 45.4 Å². The van der Waals surface area contributed by atoms with Gasteiger partial charge in [-0.3, -0.25) is 9.36 Å². The molecule has 0 saturated carbocycles. The number of ether oxygens (including phenoxy) is 1. The SMILES string of the molecule is CC1CCN(C(=S)SCC(=O)OCCn2c(=O)oc3ccccc32)CC1. The van der Waals surface area contributed by atoms with Crippen molar-refractivity contribution < 1.29 is 13.9 Å². The van der Waals surface area contributed by atoms with Gasteiger partial charge in [0.05, 0.1) is 17.8 Å². The van der Waals surface area contributed by atoms with Crippen LogP contribution in [-0.2, 0) is 16.1 Å². The Balaban J connectivity index is 1.42. The molecule has 1 aliphatic rings. The summed E-state index contributed by atoms with van der Waals surface area (Å²) in [5, 5.41) is 0. The predicted octanol–water partition coefficient (Wildman–Crippen LogP) is 2.89. The molecule has 0 atom stereocenters. The van der Waals surface area contributed by atoms with Crippen molar-refractivity contribution in [2.45, 2.75) is 26.3 Å². The molecule has 6 nitrogen and oxygen atoms in total. The Labute approximate surface area is 161 Å². The fourth-order valence-electron chi connectivity index (χ4n) is 2.92. The second kappa shape index (κ2) is 8.73. The van der Waals surface area contributed by atoms with Crippen molar-refractivity contribution in [1.82, 2.24) is 9.47 Å². The van der Waals surface area contributed by atoms with Crippen LogP contribution in [0.3, 0.4) is 0 Å². The van der Waals surface area contributed by atoms with E-state index < -0.39 is 5.76 Å². The number of hydrogen-bond donors (Lipinski definition) is 0. The Bertz CT molecular complexity index is 837. The number of rotatable bonds is 5. The molecule has 3 rings (SSSR count). The van der Waals surface area contributed by atoms with E-state index in [2.05, 4.69) is 11.8 Å². The average molecular weight is 395 g/mol. The molecular weight excluding hydrogens is 372 g/mol. The third-order valence-corrected chi connectivity index (χ3v) is 6.00. The van der Waals surface area contributed by atoms with Crippen LogP contribution in [0.1, 0.15) is 19.8 Å². The summed E-state index contributed by atoms with van der Waals surface area (Å²) in [4.78, 5) is 25.9. The number of likely N-dealkylation sites (tertiary alicyclic amines) is 1. The van der Waals surface area contributed by atoms with Crippen LogP contribution in [0.2, 0.25) is 0 Å². The van der Waals surface area contributed by atoms with Crippen LogP contribution in [-0.4, -0.2) is 45.2 Å². The first kappa shape index (κ1) is 19.0. The number of carbonyl (C=O) groups excluding carboxylic acids is 1. The number of hydrogen-bond acceptors (Lipinski definition) is 6. The van der Waals surface area contributed by atoms with Crippen molar-refractivity contribution in [3.05, 3.63) is 34.8 Å². The van der Waals surface area contributed by atoms with Gasteiger partial charge in [-0.1, -0.05) is 43.0 Å². The molecule has 26 heavy (non-hydrogen) atoms. The lowest BCUT2D eigenvalue weighted by atomic mass is 10.00. The van der Waals surface area contributed by atoms with Gasteiger partial charge >= 0.3 is 11.7 Å². The number of fused-ring (bicyclic) bond motifs is 1. The fourth-order valence-corrected chi connectivity index (χ4v) is 3.97. The monoisotopic (exact) mass is 394 g/mol. The van der Waals surface area contributed by atoms with Crippen molar-refractivity contribution in [2.24, 2.45) is 5.92 Å². The summed E-state index contributed by atoms with van der Waals surface area (Å²) in [6, 6.07) is 7.17. The Hall–Kier alpha value is -1.80. The van der Waals surface area contributed by atoms with Gasteiger partial charge in [-0.15, -0.1) is 0 Å². The maximum atomic E-state index is 11.9. The zero-order chi connectivity index (χ0) is 18.5. The molecule has 1 aromatic carbocycles. The first-order valence-electron chi connectivity index (χ1n) is 8.70. The van der Waals surface area contributed by atoms with Crippen molar-refractivity contribution in [3.8, 4) is 0 Å². The van der Waals surface area contributed by atoms with E-state index in [9.17, 15) is 9.59 Å². The molecule has 0 spiro atoms. The third-order valence-electron chi connectivity index (χ3n) is 4.51. The van der Waals surface area contributed by atoms with Gasteiger partial charge in [0.15, 0.2) is 5.58 Å². The minimum atomic E-state index is -0.447. The Kier molecular flexibility index (Phi) is 6.37. The van der Waals surface area contributed by atoms with Gasteiger partial charge in [0.25, 0.3) is 0 Å². The van der Waals surface area contributed by atoms with Crippen LogP contribution in [0.25, 0.3) is 11.1 Å². The summed E-state index contributed by atoms with van der Waals surface area (Å²) in [6.07, 6.45) is 2.27. The lowest BCUT2D eigenvalue weighted by Crippen LogP contribution is -2.35. The lowest BCUT2D eigenvalue weighted by Gasteiger charge is -2.31. The van der Waals surface area contributed by atoms with E-state index in [4.69, 9.17) is 21.4 Å². The predicted molar refractivity (Wildman–Crippen MR) is 106 cm³/mol. The molecule has 2 aromatic rings. The number of benzene rings is 1. The van der Waals surface area contributed by atoms with Crippen LogP contribution >= 0.6 is 24.0 Å². The topological polar surface area (TPSA) is 64.7 Å². The summed E-state index contributed by atoms with van der Waals surface area (Å²) in [5.74, 6) is 0.151. The first-order chi connectivity index (χ1) is 12.5.